The first-order chi connectivity index (χ1) is 13.7. The first-order valence-electron chi connectivity index (χ1n) is 9.91. The van der Waals surface area contributed by atoms with Gasteiger partial charge in [0, 0.05) is 57.9 Å². The lowest BCUT2D eigenvalue weighted by atomic mass is 10.2. The summed E-state index contributed by atoms with van der Waals surface area (Å²) in [6.45, 7) is 6.84. The molecule has 0 saturated carbocycles. The first kappa shape index (κ1) is 23.7. The van der Waals surface area contributed by atoms with E-state index in [1.54, 1.807) is 38.4 Å². The summed E-state index contributed by atoms with van der Waals surface area (Å²) in [4.78, 5) is 21.4. The van der Waals surface area contributed by atoms with Crippen molar-refractivity contribution in [2.24, 2.45) is 4.99 Å². The zero-order valence-corrected chi connectivity index (χ0v) is 19.6. The van der Waals surface area contributed by atoms with E-state index in [1.807, 2.05) is 0 Å². The number of nitrogens with zero attached hydrogens (tertiary/aromatic N) is 3. The molecule has 2 aliphatic rings. The summed E-state index contributed by atoms with van der Waals surface area (Å²) in [5, 5.41) is 6.29. The average molecular weight is 517 g/mol. The molecule has 3 rings (SSSR count). The molecule has 162 valence electrons. The Kier molecular flexibility index (Phi) is 9.95. The number of morpholine rings is 1. The summed E-state index contributed by atoms with van der Waals surface area (Å²) in [7, 11) is 3.41. The number of carbonyl (C=O) groups excluding carboxylic acids is 1. The van der Waals surface area contributed by atoms with Crippen LogP contribution in [0.4, 0.5) is 0 Å². The van der Waals surface area contributed by atoms with Gasteiger partial charge in [-0.3, -0.25) is 14.7 Å². The molecule has 1 unspecified atom stereocenters. The second kappa shape index (κ2) is 12.2. The minimum Gasteiger partial charge on any atom is -0.497 e. The minimum absolute atomic E-state index is 0. The Hall–Kier alpha value is -1.59. The van der Waals surface area contributed by atoms with Gasteiger partial charge in [-0.2, -0.15) is 0 Å². The molecule has 0 bridgehead atoms. The van der Waals surface area contributed by atoms with E-state index >= 15 is 0 Å². The van der Waals surface area contributed by atoms with E-state index in [4.69, 9.17) is 9.47 Å². The van der Waals surface area contributed by atoms with Crippen LogP contribution in [0.15, 0.2) is 29.3 Å². The van der Waals surface area contributed by atoms with Crippen LogP contribution in [0.2, 0.25) is 0 Å². The van der Waals surface area contributed by atoms with E-state index in [1.165, 1.54) is 0 Å². The van der Waals surface area contributed by atoms with Gasteiger partial charge in [0.25, 0.3) is 5.91 Å². The molecular formula is C20H32IN5O3. The van der Waals surface area contributed by atoms with Gasteiger partial charge in [0.15, 0.2) is 5.96 Å². The van der Waals surface area contributed by atoms with Gasteiger partial charge in [-0.1, -0.05) is 0 Å². The third-order valence-electron chi connectivity index (χ3n) is 5.28. The Morgan fingerprint density at radius 1 is 1.17 bits per heavy atom. The second-order valence-electron chi connectivity index (χ2n) is 7.00. The summed E-state index contributed by atoms with van der Waals surface area (Å²) in [6.07, 6.45) is 1.15. The van der Waals surface area contributed by atoms with Crippen LogP contribution in [0.3, 0.4) is 0 Å². The lowest BCUT2D eigenvalue weighted by Gasteiger charge is -2.32. The highest BCUT2D eigenvalue weighted by atomic mass is 127. The van der Waals surface area contributed by atoms with Crippen molar-refractivity contribution in [3.63, 3.8) is 0 Å². The number of methoxy groups -OCH3 is 1. The van der Waals surface area contributed by atoms with Gasteiger partial charge >= 0.3 is 0 Å². The number of aliphatic imine (C=N–C) groups is 1. The van der Waals surface area contributed by atoms with Gasteiger partial charge in [-0.15, -0.1) is 24.0 Å². The van der Waals surface area contributed by atoms with E-state index < -0.39 is 0 Å². The van der Waals surface area contributed by atoms with Crippen LogP contribution in [0.25, 0.3) is 0 Å². The van der Waals surface area contributed by atoms with Crippen molar-refractivity contribution in [3.05, 3.63) is 29.8 Å². The highest BCUT2D eigenvalue weighted by Crippen LogP contribution is 2.17. The number of nitrogens with one attached hydrogen (secondary N) is 2. The Morgan fingerprint density at radius 2 is 1.86 bits per heavy atom. The van der Waals surface area contributed by atoms with Gasteiger partial charge in [-0.05, 0) is 30.7 Å². The van der Waals surface area contributed by atoms with E-state index in [9.17, 15) is 4.79 Å². The topological polar surface area (TPSA) is 78.4 Å². The van der Waals surface area contributed by atoms with Crippen molar-refractivity contribution >= 4 is 35.8 Å². The molecule has 8 nitrogen and oxygen atoms in total. The van der Waals surface area contributed by atoms with E-state index in [2.05, 4.69) is 25.4 Å². The van der Waals surface area contributed by atoms with Crippen molar-refractivity contribution in [1.82, 2.24) is 20.4 Å². The van der Waals surface area contributed by atoms with Gasteiger partial charge < -0.3 is 25.0 Å². The van der Waals surface area contributed by atoms with Gasteiger partial charge in [0.05, 0.1) is 20.3 Å². The molecule has 2 fully saturated rings. The molecule has 2 heterocycles. The third kappa shape index (κ3) is 6.71. The van der Waals surface area contributed by atoms with Gasteiger partial charge in [0.1, 0.15) is 5.75 Å². The molecule has 2 saturated heterocycles. The number of guanidine groups is 1. The highest BCUT2D eigenvalue weighted by molar-refractivity contribution is 14.0. The molecule has 0 spiro atoms. The number of halogens is 1. The van der Waals surface area contributed by atoms with Crippen LogP contribution in [0.5, 0.6) is 5.75 Å². The molecule has 1 atom stereocenters. The zero-order chi connectivity index (χ0) is 19.8. The van der Waals surface area contributed by atoms with Crippen molar-refractivity contribution in [3.8, 4) is 5.75 Å². The highest BCUT2D eigenvalue weighted by Gasteiger charge is 2.30. The second-order valence-corrected chi connectivity index (χ2v) is 7.00. The molecule has 2 aliphatic heterocycles. The van der Waals surface area contributed by atoms with Crippen molar-refractivity contribution in [2.75, 3.05) is 66.6 Å². The van der Waals surface area contributed by atoms with Crippen LogP contribution < -0.4 is 15.4 Å². The van der Waals surface area contributed by atoms with Gasteiger partial charge in [0.2, 0.25) is 0 Å². The summed E-state index contributed by atoms with van der Waals surface area (Å²) in [6, 6.07) is 7.66. The Balaban J connectivity index is 0.00000300. The van der Waals surface area contributed by atoms with Crippen LogP contribution in [0.1, 0.15) is 16.8 Å². The summed E-state index contributed by atoms with van der Waals surface area (Å²) >= 11 is 0. The molecule has 2 N–H and O–H groups in total. The Labute approximate surface area is 190 Å². The summed E-state index contributed by atoms with van der Waals surface area (Å²) < 4.78 is 10.6. The standard InChI is InChI=1S/C20H31N5O3.HI/c1-21-20(25-10-7-17(15-25)24-11-13-28-14-12-24)23-9-8-22-19(26)16-3-5-18(27-2)6-4-16;/h3-6,17H,7-15H2,1-2H3,(H,21,23)(H,22,26);1H. The largest absolute Gasteiger partial charge is 0.497 e. The molecule has 29 heavy (non-hydrogen) atoms. The summed E-state index contributed by atoms with van der Waals surface area (Å²) in [5.41, 5.74) is 0.623. The Morgan fingerprint density at radius 3 is 2.52 bits per heavy atom. The van der Waals surface area contributed by atoms with Crippen LogP contribution in [-0.2, 0) is 4.74 Å². The fourth-order valence-electron chi connectivity index (χ4n) is 3.70. The molecular weight excluding hydrogens is 485 g/mol. The number of hydrogen-bond acceptors (Lipinski definition) is 5. The number of ether oxygens (including phenoxy) is 2. The molecule has 0 aliphatic carbocycles. The van der Waals surface area contributed by atoms with Gasteiger partial charge in [-0.25, -0.2) is 0 Å². The normalized spacial score (nSPS) is 20.1. The maximum atomic E-state index is 12.2. The predicted molar refractivity (Wildman–Crippen MR) is 124 cm³/mol. The number of carbonyl (C=O) groups is 1. The first-order valence-corrected chi connectivity index (χ1v) is 9.91. The monoisotopic (exact) mass is 517 g/mol. The minimum atomic E-state index is -0.0898. The quantitative estimate of drug-likeness (QED) is 0.254. The van der Waals surface area contributed by atoms with Crippen molar-refractivity contribution in [2.45, 2.75) is 12.5 Å². The molecule has 0 aromatic heterocycles. The number of amides is 1. The fourth-order valence-corrected chi connectivity index (χ4v) is 3.70. The number of likely N-dealkylation sites (tertiary alicyclic amines) is 1. The molecule has 9 heteroatoms. The lowest BCUT2D eigenvalue weighted by Crippen LogP contribution is -2.47. The zero-order valence-electron chi connectivity index (χ0n) is 17.2. The van der Waals surface area contributed by atoms with E-state index in [0.29, 0.717) is 24.7 Å². The maximum absolute atomic E-state index is 12.2. The van der Waals surface area contributed by atoms with Crippen LogP contribution in [-0.4, -0.2) is 94.3 Å². The van der Waals surface area contributed by atoms with E-state index in [-0.39, 0.29) is 29.9 Å². The van der Waals surface area contributed by atoms with Crippen LogP contribution >= 0.6 is 24.0 Å². The predicted octanol–water partition coefficient (Wildman–Crippen LogP) is 1.02. The smallest absolute Gasteiger partial charge is 0.251 e. The number of hydrogen-bond donors (Lipinski definition) is 2. The van der Waals surface area contributed by atoms with Crippen molar-refractivity contribution in [1.29, 1.82) is 0 Å². The number of rotatable bonds is 6. The Bertz CT molecular complexity index is 665. The fraction of sp³-hybridized carbons (Fsp3) is 0.600. The van der Waals surface area contributed by atoms with Crippen LogP contribution in [0, 0.1) is 0 Å². The third-order valence-corrected chi connectivity index (χ3v) is 5.28. The molecule has 1 aromatic rings. The van der Waals surface area contributed by atoms with Crippen molar-refractivity contribution < 1.29 is 14.3 Å². The molecule has 0 radical (unpaired) electrons. The maximum Gasteiger partial charge on any atom is 0.251 e. The number of benzene rings is 1. The summed E-state index contributed by atoms with van der Waals surface area (Å²) in [5.74, 6) is 1.55. The molecule has 1 aromatic carbocycles. The average Bonchev–Trinajstić information content (AvgIpc) is 3.24. The molecule has 1 amide bonds. The lowest BCUT2D eigenvalue weighted by molar-refractivity contribution is 0.0195. The SMILES string of the molecule is CN=C(NCCNC(=O)c1ccc(OC)cc1)N1CCC(N2CCOCC2)C1.I. The van der Waals surface area contributed by atoms with E-state index in [0.717, 1.165) is 57.5 Å².